The Morgan fingerprint density at radius 3 is 2.50 bits per heavy atom. The molecule has 8 heteroatoms. The summed E-state index contributed by atoms with van der Waals surface area (Å²) in [5.74, 6) is 0.0707. The van der Waals surface area contributed by atoms with Gasteiger partial charge in [0.2, 0.25) is 5.76 Å². The van der Waals surface area contributed by atoms with Crippen LogP contribution in [0.4, 0.5) is 0 Å². The smallest absolute Gasteiger partial charge is 0.379 e. The Balaban J connectivity index is 1.73. The van der Waals surface area contributed by atoms with E-state index >= 15 is 0 Å². The van der Waals surface area contributed by atoms with E-state index in [1.807, 2.05) is 6.07 Å². The van der Waals surface area contributed by atoms with Crippen LogP contribution in [-0.2, 0) is 6.54 Å². The van der Waals surface area contributed by atoms with Gasteiger partial charge in [-0.3, -0.25) is 10.8 Å². The van der Waals surface area contributed by atoms with Crippen LogP contribution >= 0.6 is 0 Å². The number of hydrogen-bond donors (Lipinski definition) is 5. The lowest BCUT2D eigenvalue weighted by molar-refractivity contribution is 0.0699. The van der Waals surface area contributed by atoms with E-state index in [2.05, 4.69) is 5.32 Å². The van der Waals surface area contributed by atoms with Crippen molar-refractivity contribution in [1.29, 1.82) is 10.8 Å². The first-order valence-electron chi connectivity index (χ1n) is 7.69. The third-order valence-electron chi connectivity index (χ3n) is 3.65. The van der Waals surface area contributed by atoms with Crippen LogP contribution < -0.4 is 21.5 Å². The number of furan rings is 1. The highest BCUT2D eigenvalue weighted by Crippen LogP contribution is 2.23. The predicted octanol–water partition coefficient (Wildman–Crippen LogP) is 1.92. The molecule has 0 aliphatic carbocycles. The van der Waals surface area contributed by atoms with Crippen molar-refractivity contribution in [1.82, 2.24) is 5.32 Å². The third-order valence-corrected chi connectivity index (χ3v) is 3.65. The molecule has 0 radical (unpaired) electrons. The van der Waals surface area contributed by atoms with Crippen molar-refractivity contribution in [2.24, 2.45) is 11.5 Å². The van der Waals surface area contributed by atoms with Gasteiger partial charge in [-0.2, -0.15) is 0 Å². The number of hydrogen-bond acceptors (Lipinski definition) is 5. The molecule has 1 heterocycles. The molecule has 132 valence electrons. The number of esters is 1. The highest BCUT2D eigenvalue weighted by molar-refractivity contribution is 5.99. The molecule has 0 amide bonds. The van der Waals surface area contributed by atoms with Gasteiger partial charge < -0.3 is 25.9 Å². The number of nitrogens with two attached hydrogens (primary N) is 2. The Kier molecular flexibility index (Phi) is 4.57. The number of nitrogens with one attached hydrogen (secondary N) is 3. The van der Waals surface area contributed by atoms with Crippen molar-refractivity contribution in [2.45, 2.75) is 6.54 Å². The van der Waals surface area contributed by atoms with Gasteiger partial charge in [-0.25, -0.2) is 4.79 Å². The van der Waals surface area contributed by atoms with E-state index in [0.717, 1.165) is 10.8 Å². The number of guanidine groups is 1. The van der Waals surface area contributed by atoms with E-state index in [1.54, 1.807) is 36.4 Å². The molecule has 0 aliphatic heterocycles. The molecule has 3 rings (SSSR count). The summed E-state index contributed by atoms with van der Waals surface area (Å²) in [7, 11) is 0. The average Bonchev–Trinajstić information content (AvgIpc) is 3.08. The van der Waals surface area contributed by atoms with Gasteiger partial charge in [0.05, 0.1) is 6.54 Å². The zero-order chi connectivity index (χ0) is 18.7. The van der Waals surface area contributed by atoms with Gasteiger partial charge in [0.1, 0.15) is 17.3 Å². The highest BCUT2D eigenvalue weighted by Gasteiger charge is 2.14. The second-order valence-corrected chi connectivity index (χ2v) is 5.56. The van der Waals surface area contributed by atoms with Gasteiger partial charge in [0.15, 0.2) is 5.96 Å². The molecule has 0 aliphatic rings. The first-order valence-corrected chi connectivity index (χ1v) is 7.69. The first kappa shape index (κ1) is 17.0. The maximum Gasteiger partial charge on any atom is 0.379 e. The number of nitrogen functional groups attached to an aromatic ring is 1. The molecule has 0 spiro atoms. The van der Waals surface area contributed by atoms with E-state index in [-0.39, 0.29) is 24.1 Å². The Hall–Kier alpha value is -3.81. The van der Waals surface area contributed by atoms with Crippen molar-refractivity contribution >= 4 is 28.5 Å². The zero-order valence-corrected chi connectivity index (χ0v) is 13.7. The van der Waals surface area contributed by atoms with Gasteiger partial charge in [-0.1, -0.05) is 18.2 Å². The van der Waals surface area contributed by atoms with Gasteiger partial charge in [-0.05, 0) is 41.1 Å². The Bertz CT molecular complexity index is 1010. The third kappa shape index (κ3) is 3.81. The van der Waals surface area contributed by atoms with Crippen LogP contribution in [0.2, 0.25) is 0 Å². The lowest BCUT2D eigenvalue weighted by Gasteiger charge is -2.06. The maximum absolute atomic E-state index is 12.2. The highest BCUT2D eigenvalue weighted by atomic mass is 16.5. The van der Waals surface area contributed by atoms with Crippen molar-refractivity contribution < 1.29 is 13.9 Å². The molecule has 3 aromatic rings. The molecular weight excluding hydrogens is 334 g/mol. The molecular formula is C18H17N5O3. The SMILES string of the molecule is N=C(N)NCc1ccc(C(=O)Oc2ccc3cc(C(=N)N)ccc3c2)o1. The Morgan fingerprint density at radius 2 is 1.77 bits per heavy atom. The summed E-state index contributed by atoms with van der Waals surface area (Å²) in [4.78, 5) is 12.2. The van der Waals surface area contributed by atoms with Crippen molar-refractivity contribution in [3.63, 3.8) is 0 Å². The average molecular weight is 351 g/mol. The number of amidine groups is 1. The molecule has 0 unspecified atom stereocenters. The maximum atomic E-state index is 12.2. The van der Waals surface area contributed by atoms with Gasteiger partial charge in [-0.15, -0.1) is 0 Å². The molecule has 0 saturated heterocycles. The van der Waals surface area contributed by atoms with Crippen molar-refractivity contribution in [3.8, 4) is 5.75 Å². The van der Waals surface area contributed by atoms with Crippen molar-refractivity contribution in [2.75, 3.05) is 0 Å². The first-order chi connectivity index (χ1) is 12.4. The van der Waals surface area contributed by atoms with E-state index < -0.39 is 5.97 Å². The molecule has 0 saturated carbocycles. The fraction of sp³-hybridized carbons (Fsp3) is 0.0556. The number of benzene rings is 2. The second kappa shape index (κ2) is 6.98. The monoisotopic (exact) mass is 351 g/mol. The zero-order valence-electron chi connectivity index (χ0n) is 13.7. The molecule has 7 N–H and O–H groups in total. The fourth-order valence-electron chi connectivity index (χ4n) is 2.38. The lowest BCUT2D eigenvalue weighted by atomic mass is 10.1. The van der Waals surface area contributed by atoms with Crippen molar-refractivity contribution in [3.05, 3.63) is 65.6 Å². The summed E-state index contributed by atoms with van der Waals surface area (Å²) in [5, 5.41) is 18.9. The van der Waals surface area contributed by atoms with Crippen LogP contribution in [0, 0.1) is 10.8 Å². The predicted molar refractivity (Wildman–Crippen MR) is 97.4 cm³/mol. The Morgan fingerprint density at radius 1 is 1.04 bits per heavy atom. The van der Waals surface area contributed by atoms with Crippen LogP contribution in [0.5, 0.6) is 5.75 Å². The second-order valence-electron chi connectivity index (χ2n) is 5.56. The molecule has 0 atom stereocenters. The summed E-state index contributed by atoms with van der Waals surface area (Å²) in [6.45, 7) is 0.205. The summed E-state index contributed by atoms with van der Waals surface area (Å²) >= 11 is 0. The van der Waals surface area contributed by atoms with E-state index in [1.165, 1.54) is 6.07 Å². The Labute approximate surface area is 148 Å². The normalized spacial score (nSPS) is 10.5. The van der Waals surface area contributed by atoms with Crippen LogP contribution in [0.25, 0.3) is 10.8 Å². The fourth-order valence-corrected chi connectivity index (χ4v) is 2.38. The van der Waals surface area contributed by atoms with Crippen LogP contribution in [-0.4, -0.2) is 17.8 Å². The van der Waals surface area contributed by atoms with Gasteiger partial charge in [0.25, 0.3) is 0 Å². The molecule has 8 nitrogen and oxygen atoms in total. The molecule has 2 aromatic carbocycles. The summed E-state index contributed by atoms with van der Waals surface area (Å²) in [6, 6.07) is 13.6. The largest absolute Gasteiger partial charge is 0.452 e. The van der Waals surface area contributed by atoms with Crippen LogP contribution in [0.1, 0.15) is 21.9 Å². The van der Waals surface area contributed by atoms with E-state index in [0.29, 0.717) is 17.1 Å². The van der Waals surface area contributed by atoms with Gasteiger partial charge >= 0.3 is 5.97 Å². The minimum Gasteiger partial charge on any atom is -0.452 e. The minimum atomic E-state index is -0.626. The van der Waals surface area contributed by atoms with Gasteiger partial charge in [0, 0.05) is 5.56 Å². The van der Waals surface area contributed by atoms with E-state index in [4.69, 9.17) is 31.4 Å². The summed E-state index contributed by atoms with van der Waals surface area (Å²) < 4.78 is 10.7. The molecule has 0 fully saturated rings. The number of ether oxygens (including phenoxy) is 1. The number of carbonyl (C=O) groups excluding carboxylic acids is 1. The summed E-state index contributed by atoms with van der Waals surface area (Å²) in [6.07, 6.45) is 0. The van der Waals surface area contributed by atoms with E-state index in [9.17, 15) is 4.79 Å². The molecule has 0 bridgehead atoms. The molecule has 1 aromatic heterocycles. The molecule has 26 heavy (non-hydrogen) atoms. The minimum absolute atomic E-state index is 0.00436. The number of fused-ring (bicyclic) bond motifs is 1. The van der Waals surface area contributed by atoms with Crippen LogP contribution in [0.3, 0.4) is 0 Å². The number of rotatable bonds is 5. The summed E-state index contributed by atoms with van der Waals surface area (Å²) in [5.41, 5.74) is 11.3. The number of carbonyl (C=O) groups is 1. The lowest BCUT2D eigenvalue weighted by Crippen LogP contribution is -2.29. The topological polar surface area (TPSA) is 151 Å². The standard InChI is InChI=1S/C18H17N5O3/c19-16(20)12-2-1-11-8-13(4-3-10(11)7-12)26-17(24)15-6-5-14(25-15)9-23-18(21)22/h1-8H,9H2,(H3,19,20)(H4,21,22,23). The van der Waals surface area contributed by atoms with Crippen LogP contribution in [0.15, 0.2) is 52.9 Å². The quantitative estimate of drug-likeness (QED) is 0.205.